The van der Waals surface area contributed by atoms with E-state index in [4.69, 9.17) is 11.6 Å². The molecule has 2 aromatic carbocycles. The van der Waals surface area contributed by atoms with Gasteiger partial charge in [-0.2, -0.15) is 10.1 Å². The summed E-state index contributed by atoms with van der Waals surface area (Å²) >= 11 is 9.58. The molecular formula is C17H12BrClN6. The van der Waals surface area contributed by atoms with Crippen LogP contribution in [0, 0.1) is 0 Å². The summed E-state index contributed by atoms with van der Waals surface area (Å²) in [7, 11) is 1.95. The molecule has 1 N–H and O–H groups in total. The van der Waals surface area contributed by atoms with E-state index in [9.17, 15) is 0 Å². The molecule has 2 aromatic heterocycles. The summed E-state index contributed by atoms with van der Waals surface area (Å²) in [6.07, 6.45) is 1.62. The highest BCUT2D eigenvalue weighted by Gasteiger charge is 2.12. The second-order valence-corrected chi connectivity index (χ2v) is 6.74. The number of hydrogen-bond acceptors (Lipinski definition) is 5. The third-order valence-electron chi connectivity index (χ3n) is 3.83. The number of aryl methyl sites for hydroxylation is 1. The van der Waals surface area contributed by atoms with Crippen molar-refractivity contribution in [3.05, 3.63) is 57.5 Å². The summed E-state index contributed by atoms with van der Waals surface area (Å²) in [5.41, 5.74) is 6.13. The lowest BCUT2D eigenvalue weighted by molar-refractivity contribution is 0.949. The Morgan fingerprint density at radius 3 is 2.88 bits per heavy atom. The second-order valence-electron chi connectivity index (χ2n) is 5.42. The quantitative estimate of drug-likeness (QED) is 0.398. The van der Waals surface area contributed by atoms with Crippen molar-refractivity contribution in [2.45, 2.75) is 0 Å². The van der Waals surface area contributed by atoms with Gasteiger partial charge in [0.1, 0.15) is 5.52 Å². The molecule has 0 spiro atoms. The Hall–Kier alpha value is -2.51. The molecule has 0 atom stereocenters. The predicted octanol–water partition coefficient (Wildman–Crippen LogP) is 4.38. The van der Waals surface area contributed by atoms with E-state index < -0.39 is 0 Å². The molecule has 0 saturated heterocycles. The van der Waals surface area contributed by atoms with Crippen molar-refractivity contribution >= 4 is 61.8 Å². The highest BCUT2D eigenvalue weighted by Crippen LogP contribution is 2.28. The molecule has 0 fully saturated rings. The topological polar surface area (TPSA) is 68.0 Å². The van der Waals surface area contributed by atoms with Crippen LogP contribution in [0.5, 0.6) is 0 Å². The van der Waals surface area contributed by atoms with Gasteiger partial charge in [-0.15, -0.1) is 10.2 Å². The van der Waals surface area contributed by atoms with Crippen LogP contribution < -0.4 is 5.43 Å². The summed E-state index contributed by atoms with van der Waals surface area (Å²) in [6, 6.07) is 13.5. The van der Waals surface area contributed by atoms with Gasteiger partial charge >= 0.3 is 0 Å². The zero-order valence-corrected chi connectivity index (χ0v) is 15.5. The molecule has 124 valence electrons. The maximum atomic E-state index is 6.09. The minimum atomic E-state index is 0.320. The number of nitrogens with zero attached hydrogens (tertiary/aromatic N) is 5. The highest BCUT2D eigenvalue weighted by molar-refractivity contribution is 9.10. The van der Waals surface area contributed by atoms with Crippen LogP contribution in [0.1, 0.15) is 5.56 Å². The Balaban J connectivity index is 1.69. The molecule has 8 heteroatoms. The summed E-state index contributed by atoms with van der Waals surface area (Å²) in [5, 5.41) is 14.2. The zero-order chi connectivity index (χ0) is 17.4. The van der Waals surface area contributed by atoms with Crippen LogP contribution in [0.15, 0.2) is 52.0 Å². The van der Waals surface area contributed by atoms with Gasteiger partial charge in [0.05, 0.1) is 11.7 Å². The fourth-order valence-corrected chi connectivity index (χ4v) is 3.16. The summed E-state index contributed by atoms with van der Waals surface area (Å²) in [4.78, 5) is 4.51. The molecule has 0 unspecified atom stereocenters. The molecule has 0 bridgehead atoms. The Kier molecular flexibility index (Phi) is 4.10. The number of nitrogens with one attached hydrogen (secondary N) is 1. The van der Waals surface area contributed by atoms with Gasteiger partial charge in [0, 0.05) is 27.5 Å². The summed E-state index contributed by atoms with van der Waals surface area (Å²) < 4.78 is 2.97. The molecular weight excluding hydrogens is 404 g/mol. The summed E-state index contributed by atoms with van der Waals surface area (Å²) in [6.45, 7) is 0. The van der Waals surface area contributed by atoms with Crippen molar-refractivity contribution in [3.8, 4) is 0 Å². The van der Waals surface area contributed by atoms with Crippen LogP contribution >= 0.6 is 27.5 Å². The minimum absolute atomic E-state index is 0.320. The van der Waals surface area contributed by atoms with E-state index >= 15 is 0 Å². The van der Waals surface area contributed by atoms with Gasteiger partial charge in [-0.1, -0.05) is 45.7 Å². The van der Waals surface area contributed by atoms with Gasteiger partial charge in [-0.05, 0) is 24.3 Å². The lowest BCUT2D eigenvalue weighted by Gasteiger charge is -2.00. The smallest absolute Gasteiger partial charge is 0.265 e. The first-order valence-corrected chi connectivity index (χ1v) is 8.62. The monoisotopic (exact) mass is 414 g/mol. The lowest BCUT2D eigenvalue weighted by Crippen LogP contribution is -2.00. The normalized spacial score (nSPS) is 11.6. The van der Waals surface area contributed by atoms with E-state index in [1.54, 1.807) is 12.3 Å². The summed E-state index contributed by atoms with van der Waals surface area (Å²) in [5.74, 6) is 0.320. The molecule has 0 saturated carbocycles. The molecule has 0 radical (unpaired) electrons. The lowest BCUT2D eigenvalue weighted by atomic mass is 10.2. The largest absolute Gasteiger partial charge is 0.327 e. The standard InChI is InChI=1S/C17H12BrClN6/c1-25-14-7-6-11(18)8-12(14)15-16(25)21-17(24-22-15)23-20-9-10-4-2-3-5-13(10)19/h2-9H,1H3,(H,21,23,24)/b20-9+. The van der Waals surface area contributed by atoms with Gasteiger partial charge in [-0.25, -0.2) is 5.43 Å². The number of halogens is 2. The van der Waals surface area contributed by atoms with Gasteiger partial charge in [0.15, 0.2) is 5.65 Å². The number of anilines is 1. The van der Waals surface area contributed by atoms with Crippen molar-refractivity contribution in [2.24, 2.45) is 12.1 Å². The van der Waals surface area contributed by atoms with Crippen molar-refractivity contribution in [1.82, 2.24) is 19.7 Å². The fraction of sp³-hybridized carbons (Fsp3) is 0.0588. The van der Waals surface area contributed by atoms with Gasteiger partial charge in [0.25, 0.3) is 5.95 Å². The van der Waals surface area contributed by atoms with Crippen LogP contribution in [0.25, 0.3) is 22.1 Å². The Bertz CT molecular complexity index is 1120. The molecule has 6 nitrogen and oxygen atoms in total. The van der Waals surface area contributed by atoms with Crippen molar-refractivity contribution in [2.75, 3.05) is 5.43 Å². The van der Waals surface area contributed by atoms with E-state index in [0.717, 1.165) is 32.1 Å². The minimum Gasteiger partial charge on any atom is -0.327 e. The van der Waals surface area contributed by atoms with Crippen molar-refractivity contribution in [3.63, 3.8) is 0 Å². The maximum absolute atomic E-state index is 6.09. The van der Waals surface area contributed by atoms with Crippen LogP contribution in [0.2, 0.25) is 5.02 Å². The van der Waals surface area contributed by atoms with E-state index in [2.05, 4.69) is 41.6 Å². The molecule has 0 aliphatic carbocycles. The number of hydrogen-bond donors (Lipinski definition) is 1. The number of aromatic nitrogens is 4. The zero-order valence-electron chi connectivity index (χ0n) is 13.1. The van der Waals surface area contributed by atoms with Crippen molar-refractivity contribution in [1.29, 1.82) is 0 Å². The molecule has 0 aliphatic rings. The third kappa shape index (κ3) is 2.96. The fourth-order valence-electron chi connectivity index (χ4n) is 2.62. The first-order chi connectivity index (χ1) is 12.1. The van der Waals surface area contributed by atoms with Crippen LogP contribution in [-0.4, -0.2) is 26.0 Å². The molecule has 0 aliphatic heterocycles. The van der Waals surface area contributed by atoms with Gasteiger partial charge in [0.2, 0.25) is 0 Å². The second kappa shape index (κ2) is 6.42. The van der Waals surface area contributed by atoms with Crippen LogP contribution in [-0.2, 0) is 7.05 Å². The van der Waals surface area contributed by atoms with Gasteiger partial charge < -0.3 is 4.57 Å². The molecule has 4 aromatic rings. The third-order valence-corrected chi connectivity index (χ3v) is 4.67. The number of benzene rings is 2. The van der Waals surface area contributed by atoms with E-state index in [1.165, 1.54) is 0 Å². The van der Waals surface area contributed by atoms with E-state index in [1.807, 2.05) is 48.0 Å². The molecule has 0 amide bonds. The van der Waals surface area contributed by atoms with Crippen molar-refractivity contribution < 1.29 is 0 Å². The Morgan fingerprint density at radius 1 is 1.20 bits per heavy atom. The Labute approximate surface area is 156 Å². The van der Waals surface area contributed by atoms with E-state index in [-0.39, 0.29) is 0 Å². The Morgan fingerprint density at radius 2 is 2.04 bits per heavy atom. The molecule has 4 rings (SSSR count). The highest BCUT2D eigenvalue weighted by atomic mass is 79.9. The van der Waals surface area contributed by atoms with Gasteiger partial charge in [-0.3, -0.25) is 0 Å². The average Bonchev–Trinajstić information content (AvgIpc) is 2.88. The SMILES string of the molecule is Cn1c2ccc(Br)cc2c2nnc(N/N=C/c3ccccc3Cl)nc21. The molecule has 25 heavy (non-hydrogen) atoms. The number of fused-ring (bicyclic) bond motifs is 3. The first-order valence-electron chi connectivity index (χ1n) is 7.45. The number of rotatable bonds is 3. The average molecular weight is 416 g/mol. The maximum Gasteiger partial charge on any atom is 0.265 e. The predicted molar refractivity (Wildman–Crippen MR) is 104 cm³/mol. The number of hydrazone groups is 1. The van der Waals surface area contributed by atoms with Crippen LogP contribution in [0.3, 0.4) is 0 Å². The molecule has 2 heterocycles. The van der Waals surface area contributed by atoms with Crippen LogP contribution in [0.4, 0.5) is 5.95 Å². The van der Waals surface area contributed by atoms with E-state index in [0.29, 0.717) is 11.0 Å². The first kappa shape index (κ1) is 16.0.